The Balaban J connectivity index is 1.49. The summed E-state index contributed by atoms with van der Waals surface area (Å²) < 4.78 is 5.62. The predicted octanol–water partition coefficient (Wildman–Crippen LogP) is 3.16. The average molecular weight is 331 g/mol. The Morgan fingerprint density at radius 3 is 2.57 bits per heavy atom. The molecule has 1 aromatic heterocycles. The van der Waals surface area contributed by atoms with Crippen LogP contribution in [-0.2, 0) is 11.2 Å². The Bertz CT molecular complexity index is 622. The molecule has 0 aliphatic carbocycles. The molecule has 6 heteroatoms. The zero-order valence-electron chi connectivity index (χ0n) is 13.1. The van der Waals surface area contributed by atoms with E-state index in [0.717, 1.165) is 31.5 Å². The van der Waals surface area contributed by atoms with Crippen LogP contribution in [0.25, 0.3) is 0 Å². The monoisotopic (exact) mass is 331 g/mol. The molecule has 122 valence electrons. The molecule has 1 fully saturated rings. The van der Waals surface area contributed by atoms with Crippen molar-refractivity contribution in [2.24, 2.45) is 0 Å². The maximum atomic E-state index is 12.2. The maximum Gasteiger partial charge on any atom is 0.277 e. The van der Waals surface area contributed by atoms with Crippen molar-refractivity contribution in [2.45, 2.75) is 37.3 Å². The highest BCUT2D eigenvalue weighted by Gasteiger charge is 2.17. The van der Waals surface area contributed by atoms with E-state index in [9.17, 15) is 4.79 Å². The number of rotatable bonds is 5. The second kappa shape index (κ2) is 8.15. The molecular formula is C17H21N3O2S. The number of amides is 1. The molecular weight excluding hydrogens is 310 g/mol. The summed E-state index contributed by atoms with van der Waals surface area (Å²) in [5.41, 5.74) is 1.13. The fourth-order valence-corrected chi connectivity index (χ4v) is 3.36. The summed E-state index contributed by atoms with van der Waals surface area (Å²) in [5.74, 6) is 1.12. The first-order chi connectivity index (χ1) is 11.3. The fraction of sp³-hybridized carbons (Fsp3) is 0.471. The van der Waals surface area contributed by atoms with Crippen molar-refractivity contribution in [1.29, 1.82) is 0 Å². The molecule has 2 aromatic rings. The number of carbonyl (C=O) groups excluding carboxylic acids is 1. The highest BCUT2D eigenvalue weighted by molar-refractivity contribution is 7.99. The van der Waals surface area contributed by atoms with Crippen molar-refractivity contribution in [3.05, 3.63) is 41.8 Å². The molecule has 5 nitrogen and oxygen atoms in total. The van der Waals surface area contributed by atoms with Gasteiger partial charge in [-0.05, 0) is 18.4 Å². The first kappa shape index (κ1) is 16.1. The van der Waals surface area contributed by atoms with E-state index >= 15 is 0 Å². The van der Waals surface area contributed by atoms with Crippen LogP contribution in [0.3, 0.4) is 0 Å². The summed E-state index contributed by atoms with van der Waals surface area (Å²) in [7, 11) is 0. The molecule has 1 aliphatic heterocycles. The van der Waals surface area contributed by atoms with Gasteiger partial charge in [-0.1, -0.05) is 54.9 Å². The number of nitrogens with zero attached hydrogens (tertiary/aromatic N) is 3. The molecule has 1 amide bonds. The molecule has 1 aromatic carbocycles. The molecule has 0 N–H and O–H groups in total. The summed E-state index contributed by atoms with van der Waals surface area (Å²) in [6.45, 7) is 1.75. The molecule has 0 saturated carbocycles. The minimum atomic E-state index is 0.166. The standard InChI is InChI=1S/C17H21N3O2S/c21-16(20-10-6-1-2-7-11-20)13-23-17-19-18-15(22-17)12-14-8-4-3-5-9-14/h3-5,8-9H,1-2,6-7,10-13H2. The Morgan fingerprint density at radius 1 is 1.09 bits per heavy atom. The first-order valence-electron chi connectivity index (χ1n) is 8.08. The Hall–Kier alpha value is -1.82. The van der Waals surface area contributed by atoms with E-state index in [1.165, 1.54) is 24.6 Å². The van der Waals surface area contributed by atoms with Gasteiger partial charge in [0.15, 0.2) is 0 Å². The third-order valence-electron chi connectivity index (χ3n) is 3.92. The SMILES string of the molecule is O=C(CSc1nnc(Cc2ccccc2)o1)N1CCCCCC1. The lowest BCUT2D eigenvalue weighted by Gasteiger charge is -2.19. The van der Waals surface area contributed by atoms with Gasteiger partial charge in [-0.2, -0.15) is 0 Å². The third kappa shape index (κ3) is 4.82. The summed E-state index contributed by atoms with van der Waals surface area (Å²) in [6.07, 6.45) is 5.29. The lowest BCUT2D eigenvalue weighted by molar-refractivity contribution is -0.128. The third-order valence-corrected chi connectivity index (χ3v) is 4.73. The molecule has 0 bridgehead atoms. The van der Waals surface area contributed by atoms with Crippen molar-refractivity contribution in [2.75, 3.05) is 18.8 Å². The van der Waals surface area contributed by atoms with Gasteiger partial charge in [0.2, 0.25) is 11.8 Å². The van der Waals surface area contributed by atoms with Crippen LogP contribution in [0.5, 0.6) is 0 Å². The zero-order chi connectivity index (χ0) is 15.9. The van der Waals surface area contributed by atoms with E-state index in [1.807, 2.05) is 35.2 Å². The van der Waals surface area contributed by atoms with Gasteiger partial charge in [0.1, 0.15) is 0 Å². The first-order valence-corrected chi connectivity index (χ1v) is 9.07. The van der Waals surface area contributed by atoms with Gasteiger partial charge in [0.05, 0.1) is 12.2 Å². The molecule has 0 unspecified atom stereocenters. The van der Waals surface area contributed by atoms with E-state index < -0.39 is 0 Å². The predicted molar refractivity (Wildman–Crippen MR) is 89.3 cm³/mol. The van der Waals surface area contributed by atoms with Crippen molar-refractivity contribution in [3.63, 3.8) is 0 Å². The number of aromatic nitrogens is 2. The van der Waals surface area contributed by atoms with E-state index in [1.54, 1.807) is 0 Å². The Labute approximate surface area is 140 Å². The molecule has 23 heavy (non-hydrogen) atoms. The molecule has 1 aliphatic rings. The summed E-state index contributed by atoms with van der Waals surface area (Å²) in [4.78, 5) is 14.2. The van der Waals surface area contributed by atoms with Gasteiger partial charge in [0.25, 0.3) is 5.22 Å². The fourth-order valence-electron chi connectivity index (χ4n) is 2.67. The van der Waals surface area contributed by atoms with E-state index in [0.29, 0.717) is 23.3 Å². The van der Waals surface area contributed by atoms with Gasteiger partial charge in [-0.15, -0.1) is 10.2 Å². The Kier molecular flexibility index (Phi) is 5.69. The van der Waals surface area contributed by atoms with Gasteiger partial charge >= 0.3 is 0 Å². The van der Waals surface area contributed by atoms with Crippen LogP contribution in [0.4, 0.5) is 0 Å². The number of likely N-dealkylation sites (tertiary alicyclic amines) is 1. The van der Waals surface area contributed by atoms with E-state index in [-0.39, 0.29) is 5.91 Å². The highest BCUT2D eigenvalue weighted by atomic mass is 32.2. The highest BCUT2D eigenvalue weighted by Crippen LogP contribution is 2.19. The van der Waals surface area contributed by atoms with Crippen LogP contribution in [0.15, 0.2) is 40.0 Å². The van der Waals surface area contributed by atoms with Crippen LogP contribution in [-0.4, -0.2) is 39.8 Å². The Morgan fingerprint density at radius 2 is 1.83 bits per heavy atom. The second-order valence-corrected chi connectivity index (χ2v) is 6.63. The van der Waals surface area contributed by atoms with Crippen LogP contribution >= 0.6 is 11.8 Å². The maximum absolute atomic E-state index is 12.2. The molecule has 0 atom stereocenters. The van der Waals surface area contributed by atoms with Gasteiger partial charge in [-0.3, -0.25) is 4.79 Å². The van der Waals surface area contributed by atoms with Crippen molar-refractivity contribution in [3.8, 4) is 0 Å². The van der Waals surface area contributed by atoms with Gasteiger partial charge in [-0.25, -0.2) is 0 Å². The smallest absolute Gasteiger partial charge is 0.277 e. The van der Waals surface area contributed by atoms with Crippen LogP contribution < -0.4 is 0 Å². The normalized spacial score (nSPS) is 15.4. The number of carbonyl (C=O) groups is 1. The largest absolute Gasteiger partial charge is 0.416 e. The molecule has 0 radical (unpaired) electrons. The molecule has 2 heterocycles. The molecule has 0 spiro atoms. The summed E-state index contributed by atoms with van der Waals surface area (Å²) >= 11 is 1.33. The van der Waals surface area contributed by atoms with Gasteiger partial charge < -0.3 is 9.32 Å². The molecule has 3 rings (SSSR count). The number of hydrogen-bond donors (Lipinski definition) is 0. The van der Waals surface area contributed by atoms with Crippen molar-refractivity contribution in [1.82, 2.24) is 15.1 Å². The quantitative estimate of drug-likeness (QED) is 0.788. The van der Waals surface area contributed by atoms with Crippen LogP contribution in [0.1, 0.15) is 37.1 Å². The summed E-state index contributed by atoms with van der Waals surface area (Å²) in [5, 5.41) is 8.55. The average Bonchev–Trinajstić information content (AvgIpc) is 2.84. The lowest BCUT2D eigenvalue weighted by atomic mass is 10.2. The van der Waals surface area contributed by atoms with Crippen LogP contribution in [0.2, 0.25) is 0 Å². The zero-order valence-corrected chi connectivity index (χ0v) is 13.9. The van der Waals surface area contributed by atoms with Gasteiger partial charge in [0, 0.05) is 13.1 Å². The van der Waals surface area contributed by atoms with Crippen molar-refractivity contribution < 1.29 is 9.21 Å². The number of benzene rings is 1. The minimum Gasteiger partial charge on any atom is -0.416 e. The van der Waals surface area contributed by atoms with Crippen molar-refractivity contribution >= 4 is 17.7 Å². The lowest BCUT2D eigenvalue weighted by Crippen LogP contribution is -2.33. The topological polar surface area (TPSA) is 59.2 Å². The summed E-state index contributed by atoms with van der Waals surface area (Å²) in [6, 6.07) is 10.0. The number of thioether (sulfide) groups is 1. The minimum absolute atomic E-state index is 0.166. The van der Waals surface area contributed by atoms with Crippen LogP contribution in [0, 0.1) is 0 Å². The number of hydrogen-bond acceptors (Lipinski definition) is 5. The van der Waals surface area contributed by atoms with E-state index in [2.05, 4.69) is 10.2 Å². The molecule has 1 saturated heterocycles. The van der Waals surface area contributed by atoms with E-state index in [4.69, 9.17) is 4.42 Å². The second-order valence-electron chi connectivity index (χ2n) is 5.71.